The second-order valence-corrected chi connectivity index (χ2v) is 15.3. The zero-order valence-corrected chi connectivity index (χ0v) is 33.0. The summed E-state index contributed by atoms with van der Waals surface area (Å²) in [4.78, 5) is 2.42. The van der Waals surface area contributed by atoms with Gasteiger partial charge in [0.25, 0.3) is 0 Å². The van der Waals surface area contributed by atoms with Crippen LogP contribution in [0.15, 0.2) is 243 Å². The normalized spacial score (nSPS) is 11.3. The van der Waals surface area contributed by atoms with Crippen LogP contribution in [0.25, 0.3) is 82.8 Å². The predicted molar refractivity (Wildman–Crippen MR) is 255 cm³/mol. The Balaban J connectivity index is 1.14. The van der Waals surface area contributed by atoms with Gasteiger partial charge in [-0.1, -0.05) is 194 Å². The highest BCUT2D eigenvalue weighted by atomic mass is 15.1. The lowest BCUT2D eigenvalue weighted by Gasteiger charge is -2.29. The molecule has 0 aliphatic carbocycles. The molecule has 0 bridgehead atoms. The van der Waals surface area contributed by atoms with Gasteiger partial charge in [0, 0.05) is 38.8 Å². The van der Waals surface area contributed by atoms with E-state index in [-0.39, 0.29) is 0 Å². The first-order valence-corrected chi connectivity index (χ1v) is 20.6. The number of nitrogens with zero attached hydrogens (tertiary/aromatic N) is 2. The van der Waals surface area contributed by atoms with Crippen LogP contribution < -0.4 is 4.90 Å². The molecule has 11 aromatic rings. The summed E-state index contributed by atoms with van der Waals surface area (Å²) in [5.41, 5.74) is 16.2. The van der Waals surface area contributed by atoms with Crippen molar-refractivity contribution in [2.24, 2.45) is 0 Å². The predicted octanol–water partition coefficient (Wildman–Crippen LogP) is 16.1. The summed E-state index contributed by atoms with van der Waals surface area (Å²) in [6.07, 6.45) is 0. The third kappa shape index (κ3) is 6.23. The molecule has 0 aliphatic rings. The lowest BCUT2D eigenvalue weighted by Crippen LogP contribution is -2.11. The number of fused-ring (bicyclic) bond motifs is 5. The maximum atomic E-state index is 2.46. The Hall–Kier alpha value is -7.94. The topological polar surface area (TPSA) is 8.17 Å². The van der Waals surface area contributed by atoms with Crippen LogP contribution in [0.1, 0.15) is 0 Å². The molecule has 0 radical (unpaired) electrons. The minimum absolute atomic E-state index is 1.08. The second-order valence-electron chi connectivity index (χ2n) is 15.3. The summed E-state index contributed by atoms with van der Waals surface area (Å²) in [6, 6.07) is 87.9. The minimum Gasteiger partial charge on any atom is -0.310 e. The van der Waals surface area contributed by atoms with Crippen LogP contribution in [0.5, 0.6) is 0 Å². The summed E-state index contributed by atoms with van der Waals surface area (Å²) < 4.78 is 2.46. The Morgan fingerprint density at radius 2 is 0.883 bits per heavy atom. The summed E-state index contributed by atoms with van der Waals surface area (Å²) in [5.74, 6) is 0. The SMILES string of the molecule is c1ccc(-c2ccc(N(c3ccc(-c4ccccc4)c(-c4cccc(-n5c6ccccc6c6ccc7ccccc7c65)c4)c3)c3ccccc3-c3ccccc3)cc2)cc1. The quantitative estimate of drug-likeness (QED) is 0.150. The lowest BCUT2D eigenvalue weighted by molar-refractivity contribution is 1.19. The first-order valence-electron chi connectivity index (χ1n) is 20.6. The highest BCUT2D eigenvalue weighted by Crippen LogP contribution is 2.45. The summed E-state index contributed by atoms with van der Waals surface area (Å²) >= 11 is 0. The van der Waals surface area contributed by atoms with E-state index in [9.17, 15) is 0 Å². The number of hydrogen-bond acceptors (Lipinski definition) is 1. The molecule has 0 N–H and O–H groups in total. The molecule has 10 aromatic carbocycles. The van der Waals surface area contributed by atoms with Crippen LogP contribution in [-0.4, -0.2) is 4.57 Å². The molecule has 0 aliphatic heterocycles. The van der Waals surface area contributed by atoms with Crippen molar-refractivity contribution in [1.82, 2.24) is 4.57 Å². The van der Waals surface area contributed by atoms with Crippen molar-refractivity contribution in [2.45, 2.75) is 0 Å². The average molecular weight is 765 g/mol. The molecule has 1 aromatic heterocycles. The smallest absolute Gasteiger partial charge is 0.0619 e. The van der Waals surface area contributed by atoms with Crippen LogP contribution in [0, 0.1) is 0 Å². The Morgan fingerprint density at radius 3 is 1.65 bits per heavy atom. The number of rotatable bonds is 8. The molecule has 0 atom stereocenters. The van der Waals surface area contributed by atoms with Crippen molar-refractivity contribution in [1.29, 1.82) is 0 Å². The van der Waals surface area contributed by atoms with Crippen LogP contribution >= 0.6 is 0 Å². The van der Waals surface area contributed by atoms with E-state index in [2.05, 4.69) is 252 Å². The lowest BCUT2D eigenvalue weighted by atomic mass is 9.93. The van der Waals surface area contributed by atoms with Crippen molar-refractivity contribution in [3.63, 3.8) is 0 Å². The van der Waals surface area contributed by atoms with Gasteiger partial charge in [0.1, 0.15) is 0 Å². The zero-order valence-electron chi connectivity index (χ0n) is 33.0. The Labute approximate surface area is 350 Å². The van der Waals surface area contributed by atoms with E-state index in [1.165, 1.54) is 66.0 Å². The van der Waals surface area contributed by atoms with Crippen LogP contribution in [-0.2, 0) is 0 Å². The fourth-order valence-corrected chi connectivity index (χ4v) is 8.98. The average Bonchev–Trinajstić information content (AvgIpc) is 3.68. The van der Waals surface area contributed by atoms with E-state index in [0.717, 1.165) is 33.9 Å². The number of benzene rings is 10. The molecule has 2 nitrogen and oxygen atoms in total. The van der Waals surface area contributed by atoms with Gasteiger partial charge in [-0.15, -0.1) is 0 Å². The van der Waals surface area contributed by atoms with Gasteiger partial charge in [-0.25, -0.2) is 0 Å². The van der Waals surface area contributed by atoms with E-state index in [0.29, 0.717) is 0 Å². The molecular formula is C58H40N2. The van der Waals surface area contributed by atoms with E-state index < -0.39 is 0 Å². The molecule has 0 saturated heterocycles. The third-order valence-corrected chi connectivity index (χ3v) is 11.8. The van der Waals surface area contributed by atoms with Gasteiger partial charge in [0.2, 0.25) is 0 Å². The molecule has 1 heterocycles. The monoisotopic (exact) mass is 764 g/mol. The van der Waals surface area contributed by atoms with Gasteiger partial charge >= 0.3 is 0 Å². The molecular weight excluding hydrogens is 725 g/mol. The standard InChI is InChI=1S/C58H40N2/c1-4-17-41(18-5-1)42-31-34-47(35-32-42)59(56-29-14-12-26-51(56)44-21-8-3-9-22-44)49-36-38-50(43-19-6-2-7-20-43)55(40-49)46-24-16-25-48(39-46)60-57-30-15-13-28-53(57)54-37-33-45-23-10-11-27-52(45)58(54)60/h1-40H. The van der Waals surface area contributed by atoms with Crippen molar-refractivity contribution in [2.75, 3.05) is 4.90 Å². The van der Waals surface area contributed by atoms with Crippen molar-refractivity contribution in [3.05, 3.63) is 243 Å². The summed E-state index contributed by atoms with van der Waals surface area (Å²) in [6.45, 7) is 0. The van der Waals surface area contributed by atoms with Crippen LogP contribution in [0.2, 0.25) is 0 Å². The van der Waals surface area contributed by atoms with E-state index in [1.54, 1.807) is 0 Å². The molecule has 11 rings (SSSR count). The maximum absolute atomic E-state index is 2.46. The molecule has 0 amide bonds. The molecule has 60 heavy (non-hydrogen) atoms. The largest absolute Gasteiger partial charge is 0.310 e. The number of hydrogen-bond donors (Lipinski definition) is 0. The van der Waals surface area contributed by atoms with Gasteiger partial charge < -0.3 is 9.47 Å². The van der Waals surface area contributed by atoms with Crippen molar-refractivity contribution < 1.29 is 0 Å². The Kier molecular flexibility index (Phi) is 8.87. The Morgan fingerprint density at radius 1 is 0.300 bits per heavy atom. The first kappa shape index (κ1) is 35.2. The fraction of sp³-hybridized carbons (Fsp3) is 0. The van der Waals surface area contributed by atoms with E-state index in [1.807, 2.05) is 0 Å². The highest BCUT2D eigenvalue weighted by Gasteiger charge is 2.21. The van der Waals surface area contributed by atoms with Gasteiger partial charge in [0.05, 0.1) is 16.7 Å². The first-order chi connectivity index (χ1) is 29.8. The van der Waals surface area contributed by atoms with E-state index in [4.69, 9.17) is 0 Å². The van der Waals surface area contributed by atoms with Crippen LogP contribution in [0.4, 0.5) is 17.1 Å². The van der Waals surface area contributed by atoms with Crippen molar-refractivity contribution >= 4 is 49.6 Å². The minimum atomic E-state index is 1.08. The van der Waals surface area contributed by atoms with Gasteiger partial charge in [-0.2, -0.15) is 0 Å². The third-order valence-electron chi connectivity index (χ3n) is 11.8. The number of para-hydroxylation sites is 2. The second kappa shape index (κ2) is 15.1. The highest BCUT2D eigenvalue weighted by molar-refractivity contribution is 6.18. The summed E-state index contributed by atoms with van der Waals surface area (Å²) in [7, 11) is 0. The molecule has 0 fully saturated rings. The number of aromatic nitrogens is 1. The van der Waals surface area contributed by atoms with Crippen LogP contribution in [0.3, 0.4) is 0 Å². The van der Waals surface area contributed by atoms with Gasteiger partial charge in [-0.05, 0) is 92.9 Å². The molecule has 0 unspecified atom stereocenters. The molecule has 0 saturated carbocycles. The van der Waals surface area contributed by atoms with Gasteiger partial charge in [-0.3, -0.25) is 0 Å². The van der Waals surface area contributed by atoms with E-state index >= 15 is 0 Å². The molecule has 282 valence electrons. The zero-order chi connectivity index (χ0) is 39.8. The van der Waals surface area contributed by atoms with Crippen molar-refractivity contribution in [3.8, 4) is 50.2 Å². The maximum Gasteiger partial charge on any atom is 0.0619 e. The summed E-state index contributed by atoms with van der Waals surface area (Å²) in [5, 5.41) is 4.99. The Bertz CT molecular complexity index is 3290. The fourth-order valence-electron chi connectivity index (χ4n) is 8.98. The molecule has 0 spiro atoms. The molecule has 2 heteroatoms. The van der Waals surface area contributed by atoms with Gasteiger partial charge in [0.15, 0.2) is 0 Å². The number of anilines is 3.